The van der Waals surface area contributed by atoms with Crippen molar-refractivity contribution in [3.63, 3.8) is 0 Å². The number of halogens is 1. The van der Waals surface area contributed by atoms with Crippen LogP contribution in [0.25, 0.3) is 0 Å². The Kier molecular flexibility index (Phi) is 5.81. The molecule has 64 valence electrons. The van der Waals surface area contributed by atoms with Gasteiger partial charge in [-0.15, -0.1) is 0 Å². The maximum absolute atomic E-state index is 8.62. The van der Waals surface area contributed by atoms with Crippen molar-refractivity contribution in [2.24, 2.45) is 0 Å². The third-order valence-corrected chi connectivity index (χ3v) is 0. The SMILES string of the molecule is CC(C)(C)[NH3+].[O-][I+3]([O-])([O-])[O-]. The summed E-state index contributed by atoms with van der Waals surface area (Å²) in [5.41, 5.74) is 4.02. The van der Waals surface area contributed by atoms with Crippen LogP contribution in [-0.2, 0) is 0 Å². The lowest BCUT2D eigenvalue weighted by molar-refractivity contribution is -2.00. The fraction of sp³-hybridized carbons (Fsp3) is 1.00. The lowest BCUT2D eigenvalue weighted by atomic mass is 10.1. The number of rotatable bonds is 0. The molecule has 3 N–H and O–H groups in total. The minimum atomic E-state index is -5.94. The quantitative estimate of drug-likeness (QED) is 0.437. The van der Waals surface area contributed by atoms with E-state index in [1.54, 1.807) is 0 Å². The average Bonchev–Trinajstić information content (AvgIpc) is 1.12. The molecule has 0 aliphatic rings. The van der Waals surface area contributed by atoms with E-state index in [4.69, 9.17) is 13.7 Å². The zero-order valence-electron chi connectivity index (χ0n) is 6.22. The van der Waals surface area contributed by atoms with E-state index in [1.165, 1.54) is 0 Å². The lowest BCUT2D eigenvalue weighted by Crippen LogP contribution is -4.29. The van der Waals surface area contributed by atoms with Gasteiger partial charge in [-0.1, -0.05) is 0 Å². The van der Waals surface area contributed by atoms with Crippen molar-refractivity contribution in [1.29, 1.82) is 0 Å². The van der Waals surface area contributed by atoms with Gasteiger partial charge in [-0.3, -0.25) is 13.7 Å². The van der Waals surface area contributed by atoms with Crippen LogP contribution in [0.3, 0.4) is 0 Å². The Bertz CT molecular complexity index is 60.2. The summed E-state index contributed by atoms with van der Waals surface area (Å²) in [5, 5.41) is 0. The van der Waals surface area contributed by atoms with E-state index in [0.29, 0.717) is 0 Å². The molecule has 0 heterocycles. The van der Waals surface area contributed by atoms with Crippen molar-refractivity contribution in [2.45, 2.75) is 26.3 Å². The Balaban J connectivity index is 0. The van der Waals surface area contributed by atoms with Crippen molar-refractivity contribution >= 4 is 0 Å². The zero-order chi connectivity index (χ0) is 9.00. The van der Waals surface area contributed by atoms with Crippen LogP contribution in [0.4, 0.5) is 0 Å². The minimum absolute atomic E-state index is 0.250. The Hall–Kier alpha value is 0.530. The molecule has 0 spiro atoms. The number of hydrogen-bond donors (Lipinski definition) is 1. The second-order valence-electron chi connectivity index (χ2n) is 2.94. The molecule has 0 atom stereocenters. The normalized spacial score (nSPS) is 12.0. The summed E-state index contributed by atoms with van der Waals surface area (Å²) in [7, 11) is 0. The van der Waals surface area contributed by atoms with Crippen LogP contribution in [0, 0.1) is 0 Å². The molecule has 6 heteroatoms. The molecule has 0 aromatic rings. The Morgan fingerprint density at radius 3 is 1.00 bits per heavy atom. The molecule has 0 aromatic heterocycles. The Morgan fingerprint density at radius 1 is 1.00 bits per heavy atom. The molecule has 10 heavy (non-hydrogen) atoms. The third-order valence-electron chi connectivity index (χ3n) is 0. The summed E-state index contributed by atoms with van der Waals surface area (Å²) in [6, 6.07) is 0. The summed E-state index contributed by atoms with van der Waals surface area (Å²) in [6.45, 7) is 6.23. The highest BCUT2D eigenvalue weighted by Crippen LogP contribution is 1.84. The van der Waals surface area contributed by atoms with Gasteiger partial charge in [-0.2, -0.15) is 0 Å². The van der Waals surface area contributed by atoms with Gasteiger partial charge in [-0.25, -0.2) is 0 Å². The largest absolute Gasteiger partial charge is 0.353 e. The predicted molar refractivity (Wildman–Crippen MR) is 22.6 cm³/mol. The van der Waals surface area contributed by atoms with Gasteiger partial charge in [0, 0.05) is 0 Å². The van der Waals surface area contributed by atoms with E-state index in [1.807, 2.05) is 0 Å². The van der Waals surface area contributed by atoms with E-state index < -0.39 is 20.1 Å². The Morgan fingerprint density at radius 2 is 1.00 bits per heavy atom. The Labute approximate surface area is 66.2 Å². The minimum Gasteiger partial charge on any atom is -0.353 e. The van der Waals surface area contributed by atoms with Crippen molar-refractivity contribution in [3.8, 4) is 0 Å². The van der Waals surface area contributed by atoms with Crippen molar-refractivity contribution in [3.05, 3.63) is 0 Å². The van der Waals surface area contributed by atoms with Gasteiger partial charge >= 0.3 is 0 Å². The lowest BCUT2D eigenvalue weighted by Gasteiger charge is -2.08. The molecular formula is C4H12INO4. The highest BCUT2D eigenvalue weighted by Gasteiger charge is 2.00. The maximum atomic E-state index is 8.62. The van der Waals surface area contributed by atoms with Gasteiger partial charge in [0.15, 0.2) is 0 Å². The summed E-state index contributed by atoms with van der Waals surface area (Å²) < 4.78 is 34.5. The summed E-state index contributed by atoms with van der Waals surface area (Å²) in [4.78, 5) is 0. The van der Waals surface area contributed by atoms with E-state index in [-0.39, 0.29) is 5.54 Å². The van der Waals surface area contributed by atoms with E-state index in [2.05, 4.69) is 26.5 Å². The van der Waals surface area contributed by atoms with Crippen molar-refractivity contribution in [1.82, 2.24) is 0 Å². The van der Waals surface area contributed by atoms with Gasteiger partial charge in [0.25, 0.3) is 0 Å². The second kappa shape index (κ2) is 4.42. The van der Waals surface area contributed by atoms with Crippen molar-refractivity contribution < 1.29 is 39.6 Å². The van der Waals surface area contributed by atoms with Gasteiger partial charge in [0.2, 0.25) is 0 Å². The second-order valence-corrected chi connectivity index (χ2v) is 5.10. The molecule has 0 saturated carbocycles. The average molecular weight is 265 g/mol. The molecule has 0 rings (SSSR count). The molecule has 0 radical (unpaired) electrons. The van der Waals surface area contributed by atoms with Gasteiger partial charge in [0.05, 0.1) is 5.54 Å². The van der Waals surface area contributed by atoms with Gasteiger partial charge in [-0.05, 0) is 20.8 Å². The van der Waals surface area contributed by atoms with Crippen LogP contribution in [0.15, 0.2) is 0 Å². The van der Waals surface area contributed by atoms with E-state index in [0.717, 1.165) is 0 Å². The first-order valence-corrected chi connectivity index (χ1v) is 5.99. The molecule has 0 unspecified atom stereocenters. The number of quaternary nitrogens is 1. The van der Waals surface area contributed by atoms with Gasteiger partial charge < -0.3 is 5.73 Å². The molecule has 0 aliphatic heterocycles. The van der Waals surface area contributed by atoms with Crippen LogP contribution in [0.1, 0.15) is 20.8 Å². The third kappa shape index (κ3) is 1720. The standard InChI is InChI=1S/C4H11N.IO4/c1-4(2,3)5;2-1(3,4)5/h5H2,1-3H3;/q;-1/p+1. The highest BCUT2D eigenvalue weighted by molar-refractivity contribution is 4.48. The highest BCUT2D eigenvalue weighted by atomic mass is 127. The summed E-state index contributed by atoms with van der Waals surface area (Å²) in [5.74, 6) is 0. The molecule has 0 saturated heterocycles. The fourth-order valence-corrected chi connectivity index (χ4v) is 0. The molecule has 0 bridgehead atoms. The predicted octanol–water partition coefficient (Wildman–Crippen LogP) is -7.73. The molecule has 5 nitrogen and oxygen atoms in total. The molecule has 0 aromatic carbocycles. The zero-order valence-corrected chi connectivity index (χ0v) is 8.38. The molecule has 0 aliphatic carbocycles. The monoisotopic (exact) mass is 265 g/mol. The van der Waals surface area contributed by atoms with E-state index >= 15 is 0 Å². The maximum Gasteiger partial charge on any atom is 0.144 e. The van der Waals surface area contributed by atoms with Crippen LogP contribution in [0.2, 0.25) is 0 Å². The molecule has 0 amide bonds. The summed E-state index contributed by atoms with van der Waals surface area (Å²) >= 11 is -5.94. The van der Waals surface area contributed by atoms with Crippen LogP contribution < -0.4 is 39.6 Å². The van der Waals surface area contributed by atoms with Crippen molar-refractivity contribution in [2.75, 3.05) is 0 Å². The van der Waals surface area contributed by atoms with Crippen LogP contribution in [-0.4, -0.2) is 5.54 Å². The molecule has 0 fully saturated rings. The van der Waals surface area contributed by atoms with E-state index in [9.17, 15) is 0 Å². The smallest absolute Gasteiger partial charge is 0.144 e. The van der Waals surface area contributed by atoms with Crippen LogP contribution >= 0.6 is 0 Å². The molecular weight excluding hydrogens is 253 g/mol. The first-order valence-electron chi connectivity index (χ1n) is 2.47. The topological polar surface area (TPSA) is 120 Å². The van der Waals surface area contributed by atoms with Crippen LogP contribution in [0.5, 0.6) is 0 Å². The first kappa shape index (κ1) is 13.1. The number of hydrogen-bond acceptors (Lipinski definition) is 4. The first-order chi connectivity index (χ1) is 4.00. The summed E-state index contributed by atoms with van der Waals surface area (Å²) in [6.07, 6.45) is 0. The van der Waals surface area contributed by atoms with Gasteiger partial charge in [0.1, 0.15) is 20.1 Å². The fourth-order valence-electron chi connectivity index (χ4n) is 0.